The quantitative estimate of drug-likeness (QED) is 0.346. The van der Waals surface area contributed by atoms with Gasteiger partial charge in [-0.2, -0.15) is 0 Å². The van der Waals surface area contributed by atoms with E-state index >= 15 is 0 Å². The van der Waals surface area contributed by atoms with E-state index in [1.807, 2.05) is 26.8 Å². The van der Waals surface area contributed by atoms with Crippen LogP contribution in [0.25, 0.3) is 0 Å². The molecule has 10 heteroatoms. The summed E-state index contributed by atoms with van der Waals surface area (Å²) in [4.78, 5) is 27.8. The number of aliphatic hydroxyl groups excluding tert-OH is 1. The first-order valence-corrected chi connectivity index (χ1v) is 13.4. The van der Waals surface area contributed by atoms with Gasteiger partial charge in [-0.15, -0.1) is 0 Å². The molecule has 1 spiro atoms. The van der Waals surface area contributed by atoms with Gasteiger partial charge in [-0.1, -0.05) is 56.1 Å². The zero-order valence-electron chi connectivity index (χ0n) is 21.9. The third-order valence-electron chi connectivity index (χ3n) is 7.49. The van der Waals surface area contributed by atoms with Gasteiger partial charge in [0.2, 0.25) is 11.8 Å². The van der Waals surface area contributed by atoms with Crippen molar-refractivity contribution in [2.75, 3.05) is 18.5 Å². The smallest absolute Gasteiger partial charge is 0.237 e. The van der Waals surface area contributed by atoms with E-state index in [1.54, 1.807) is 18.2 Å². The van der Waals surface area contributed by atoms with Crippen molar-refractivity contribution < 1.29 is 24.2 Å². The molecule has 2 aliphatic heterocycles. The van der Waals surface area contributed by atoms with Crippen LogP contribution in [0.5, 0.6) is 0 Å². The first-order valence-electron chi connectivity index (χ1n) is 12.6. The summed E-state index contributed by atoms with van der Waals surface area (Å²) >= 11 is 12.4. The minimum atomic E-state index is -1.35. The minimum Gasteiger partial charge on any atom is -0.393 e. The fourth-order valence-electron chi connectivity index (χ4n) is 5.78. The van der Waals surface area contributed by atoms with Crippen molar-refractivity contribution in [3.63, 3.8) is 0 Å². The van der Waals surface area contributed by atoms with Gasteiger partial charge in [0, 0.05) is 29.2 Å². The molecule has 1 fully saturated rings. The van der Waals surface area contributed by atoms with Crippen LogP contribution < -0.4 is 16.0 Å². The second-order valence-electron chi connectivity index (χ2n) is 11.8. The van der Waals surface area contributed by atoms with E-state index in [-0.39, 0.29) is 35.2 Å². The fourth-order valence-corrected chi connectivity index (χ4v) is 6.14. The fraction of sp³-hybridized carbons (Fsp3) is 0.500. The number of carbonyl (C=O) groups excluding carboxylic acids is 2. The molecule has 4 rings (SSSR count). The SMILES string of the molecule is CC(C)(C)C[C@H]1N[C@@H](C(=O)NCCC(C)(O)CO)[C@H](c2cccc(Cl)c2)[C@@]12C(=O)Nc1cc(Cl)c(F)cc12. The van der Waals surface area contributed by atoms with Gasteiger partial charge in [-0.25, -0.2) is 4.39 Å². The number of rotatable bonds is 7. The molecule has 2 amide bonds. The maximum atomic E-state index is 14.9. The number of nitrogens with one attached hydrogen (secondary N) is 3. The zero-order valence-corrected chi connectivity index (χ0v) is 23.4. The number of hydrogen-bond donors (Lipinski definition) is 5. The number of halogens is 3. The average molecular weight is 567 g/mol. The van der Waals surface area contributed by atoms with Crippen LogP contribution in [0.3, 0.4) is 0 Å². The Balaban J connectivity index is 1.87. The number of anilines is 1. The molecule has 1 saturated heterocycles. The van der Waals surface area contributed by atoms with Crippen molar-refractivity contribution >= 4 is 40.7 Å². The Hall–Kier alpha value is -2.23. The van der Waals surface area contributed by atoms with E-state index < -0.39 is 41.4 Å². The largest absolute Gasteiger partial charge is 0.393 e. The molecule has 0 saturated carbocycles. The Morgan fingerprint density at radius 2 is 1.89 bits per heavy atom. The summed E-state index contributed by atoms with van der Waals surface area (Å²) in [5, 5.41) is 29.0. The predicted octanol–water partition coefficient (Wildman–Crippen LogP) is 4.13. The molecule has 2 aliphatic rings. The van der Waals surface area contributed by atoms with Crippen LogP contribution in [-0.4, -0.2) is 52.9 Å². The third kappa shape index (κ3) is 5.29. The molecule has 5 atom stereocenters. The molecule has 0 aliphatic carbocycles. The summed E-state index contributed by atoms with van der Waals surface area (Å²) < 4.78 is 14.9. The first-order chi connectivity index (χ1) is 17.7. The highest BCUT2D eigenvalue weighted by Gasteiger charge is 2.65. The van der Waals surface area contributed by atoms with Gasteiger partial charge >= 0.3 is 0 Å². The molecular weight excluding hydrogens is 532 g/mol. The zero-order chi connectivity index (χ0) is 28.0. The lowest BCUT2D eigenvalue weighted by molar-refractivity contribution is -0.124. The van der Waals surface area contributed by atoms with Crippen LogP contribution in [0, 0.1) is 11.2 Å². The molecule has 2 heterocycles. The van der Waals surface area contributed by atoms with Crippen LogP contribution in [0.15, 0.2) is 36.4 Å². The Morgan fingerprint density at radius 1 is 1.18 bits per heavy atom. The molecule has 2 aromatic rings. The molecule has 7 nitrogen and oxygen atoms in total. The van der Waals surface area contributed by atoms with Crippen LogP contribution in [0.4, 0.5) is 10.1 Å². The highest BCUT2D eigenvalue weighted by molar-refractivity contribution is 6.31. The standard InChI is InChI=1S/C28H34Cl2FN3O4/c1-26(2,3)13-21-28(17-11-19(31)18(30)12-20(17)33-25(28)37)22(15-6-5-7-16(29)10-15)23(34-21)24(36)32-9-8-27(4,38)14-35/h5-7,10-12,21-23,34-35,38H,8-9,13-14H2,1-4H3,(H,32,36)(H,33,37)/t21-,22+,23-,27?,28+/m1/s1. The molecule has 0 aromatic heterocycles. The molecule has 206 valence electrons. The monoisotopic (exact) mass is 565 g/mol. The van der Waals surface area contributed by atoms with Crippen molar-refractivity contribution in [2.24, 2.45) is 5.41 Å². The Kier molecular flexibility index (Phi) is 7.87. The van der Waals surface area contributed by atoms with Crippen LogP contribution in [0.2, 0.25) is 10.0 Å². The number of amides is 2. The summed E-state index contributed by atoms with van der Waals surface area (Å²) in [7, 11) is 0. The van der Waals surface area contributed by atoms with Crippen molar-refractivity contribution in [1.29, 1.82) is 0 Å². The molecule has 38 heavy (non-hydrogen) atoms. The van der Waals surface area contributed by atoms with Gasteiger partial charge in [-0.3, -0.25) is 9.59 Å². The lowest BCUT2D eigenvalue weighted by Crippen LogP contribution is -2.49. The van der Waals surface area contributed by atoms with Gasteiger partial charge in [0.15, 0.2) is 0 Å². The number of hydrogen-bond acceptors (Lipinski definition) is 5. The summed E-state index contributed by atoms with van der Waals surface area (Å²) in [6, 6.07) is 8.29. The van der Waals surface area contributed by atoms with Crippen molar-refractivity contribution in [1.82, 2.24) is 10.6 Å². The predicted molar refractivity (Wildman–Crippen MR) is 146 cm³/mol. The van der Waals surface area contributed by atoms with E-state index in [4.69, 9.17) is 23.2 Å². The first kappa shape index (κ1) is 28.8. The lowest BCUT2D eigenvalue weighted by atomic mass is 9.62. The average Bonchev–Trinajstić information content (AvgIpc) is 3.28. The van der Waals surface area contributed by atoms with Gasteiger partial charge in [0.05, 0.1) is 23.3 Å². The second kappa shape index (κ2) is 10.4. The van der Waals surface area contributed by atoms with Crippen LogP contribution >= 0.6 is 23.2 Å². The van der Waals surface area contributed by atoms with Gasteiger partial charge in [-0.05, 0) is 60.6 Å². The highest BCUT2D eigenvalue weighted by Crippen LogP contribution is 2.57. The van der Waals surface area contributed by atoms with E-state index in [1.165, 1.54) is 19.1 Å². The molecule has 0 bridgehead atoms. The van der Waals surface area contributed by atoms with Crippen molar-refractivity contribution in [3.8, 4) is 0 Å². The van der Waals surface area contributed by atoms with Gasteiger partial charge in [0.1, 0.15) is 11.2 Å². The maximum absolute atomic E-state index is 14.9. The summed E-state index contributed by atoms with van der Waals surface area (Å²) in [6.45, 7) is 7.26. The second-order valence-corrected chi connectivity index (χ2v) is 12.7. The normalized spacial score (nSPS) is 26.2. The van der Waals surface area contributed by atoms with E-state index in [0.717, 1.165) is 0 Å². The number of benzene rings is 2. The van der Waals surface area contributed by atoms with Crippen LogP contribution in [-0.2, 0) is 15.0 Å². The topological polar surface area (TPSA) is 111 Å². The Bertz CT molecular complexity index is 1250. The minimum absolute atomic E-state index is 0.107. The molecule has 1 unspecified atom stereocenters. The van der Waals surface area contributed by atoms with E-state index in [2.05, 4.69) is 16.0 Å². The van der Waals surface area contributed by atoms with Gasteiger partial charge in [0.25, 0.3) is 0 Å². The molecule has 5 N–H and O–H groups in total. The number of aliphatic hydroxyl groups is 2. The van der Waals surface area contributed by atoms with E-state index in [9.17, 15) is 24.2 Å². The number of fused-ring (bicyclic) bond motifs is 2. The Morgan fingerprint density at radius 3 is 2.53 bits per heavy atom. The highest BCUT2D eigenvalue weighted by atomic mass is 35.5. The number of carbonyl (C=O) groups is 2. The molecule has 0 radical (unpaired) electrons. The Labute approximate surface area is 232 Å². The lowest BCUT2D eigenvalue weighted by Gasteiger charge is -2.37. The van der Waals surface area contributed by atoms with E-state index in [0.29, 0.717) is 28.3 Å². The third-order valence-corrected chi connectivity index (χ3v) is 8.02. The summed E-state index contributed by atoms with van der Waals surface area (Å²) in [6.07, 6.45) is 0.636. The van der Waals surface area contributed by atoms with Crippen molar-refractivity contribution in [3.05, 3.63) is 63.4 Å². The summed E-state index contributed by atoms with van der Waals surface area (Å²) in [5.41, 5.74) is -1.43. The van der Waals surface area contributed by atoms with Crippen molar-refractivity contribution in [2.45, 2.75) is 69.6 Å². The van der Waals surface area contributed by atoms with Gasteiger partial charge < -0.3 is 26.2 Å². The van der Waals surface area contributed by atoms with Crippen LogP contribution in [0.1, 0.15) is 57.6 Å². The maximum Gasteiger partial charge on any atom is 0.237 e. The summed E-state index contributed by atoms with van der Waals surface area (Å²) in [5.74, 6) is -2.12. The molecule has 2 aromatic carbocycles. The molecular formula is C28H34Cl2FN3O4.